The van der Waals surface area contributed by atoms with Crippen LogP contribution in [0.2, 0.25) is 0 Å². The minimum absolute atomic E-state index is 0. The van der Waals surface area contributed by atoms with E-state index in [0.717, 1.165) is 12.1 Å². The first-order valence-corrected chi connectivity index (χ1v) is 3.22. The minimum Gasteiger partial charge on any atom is -0.493 e. The molecule has 0 aliphatic rings. The monoisotopic (exact) mass is 180 g/mol. The first-order chi connectivity index (χ1) is 5.72. The van der Waals surface area contributed by atoms with Gasteiger partial charge in [0, 0.05) is 24.5 Å². The Morgan fingerprint density at radius 2 is 2.08 bits per heavy atom. The fourth-order valence-corrected chi connectivity index (χ4v) is 0.678. The Balaban J connectivity index is 0.00000144. The second-order valence-electron chi connectivity index (χ2n) is 2.06. The molecule has 0 N–H and O–H groups in total. The van der Waals surface area contributed by atoms with Gasteiger partial charge in [0.2, 0.25) is 0 Å². The molecule has 66 valence electrons. The standard InChI is InChI=1S/C8H7F2O2.Li/c1-11-5-12-8-3-6(9)2-7(10)4-8;/h2-3H,5H2,1H3;/q-1;+1. The van der Waals surface area contributed by atoms with E-state index in [1.165, 1.54) is 7.11 Å². The van der Waals surface area contributed by atoms with Crippen molar-refractivity contribution in [3.8, 4) is 5.75 Å². The number of ether oxygens (including phenoxy) is 2. The van der Waals surface area contributed by atoms with E-state index in [0.29, 0.717) is 0 Å². The third-order valence-electron chi connectivity index (χ3n) is 1.11. The Labute approximate surface area is 87.0 Å². The zero-order chi connectivity index (χ0) is 8.97. The number of benzene rings is 1. The van der Waals surface area contributed by atoms with Gasteiger partial charge in [0.05, 0.1) is 0 Å². The number of methoxy groups -OCH3 is 1. The van der Waals surface area contributed by atoms with E-state index in [-0.39, 0.29) is 31.4 Å². The van der Waals surface area contributed by atoms with Gasteiger partial charge in [-0.2, -0.15) is 0 Å². The molecule has 0 aliphatic heterocycles. The molecule has 0 fully saturated rings. The molecule has 13 heavy (non-hydrogen) atoms. The van der Waals surface area contributed by atoms with E-state index in [1.54, 1.807) is 0 Å². The molecular weight excluding hydrogens is 173 g/mol. The third-order valence-corrected chi connectivity index (χ3v) is 1.11. The summed E-state index contributed by atoms with van der Waals surface area (Å²) in [5, 5.41) is 0. The van der Waals surface area contributed by atoms with Crippen molar-refractivity contribution >= 4 is 0 Å². The third kappa shape index (κ3) is 4.27. The Morgan fingerprint density at radius 1 is 1.38 bits per heavy atom. The molecule has 0 heterocycles. The normalized spacial score (nSPS) is 9.15. The van der Waals surface area contributed by atoms with Crippen molar-refractivity contribution in [3.63, 3.8) is 0 Å². The van der Waals surface area contributed by atoms with Crippen LogP contribution in [-0.2, 0) is 4.74 Å². The number of hydrogen-bond donors (Lipinski definition) is 0. The van der Waals surface area contributed by atoms with Crippen LogP contribution in [0.4, 0.5) is 8.78 Å². The minimum atomic E-state index is -0.791. The van der Waals surface area contributed by atoms with Crippen molar-refractivity contribution in [1.29, 1.82) is 0 Å². The number of hydrogen-bond acceptors (Lipinski definition) is 2. The maximum Gasteiger partial charge on any atom is 1.00 e. The molecule has 2 nitrogen and oxygen atoms in total. The average molecular weight is 180 g/mol. The quantitative estimate of drug-likeness (QED) is 0.329. The van der Waals surface area contributed by atoms with Crippen molar-refractivity contribution in [2.45, 2.75) is 0 Å². The van der Waals surface area contributed by atoms with Gasteiger partial charge in [0.25, 0.3) is 0 Å². The van der Waals surface area contributed by atoms with Crippen LogP contribution in [-0.4, -0.2) is 13.9 Å². The SMILES string of the molecule is COCOc1[c-]c(F)cc(F)c1.[Li+]. The van der Waals surface area contributed by atoms with Gasteiger partial charge < -0.3 is 9.47 Å². The van der Waals surface area contributed by atoms with Crippen LogP contribution in [0.1, 0.15) is 0 Å². The number of halogens is 2. The van der Waals surface area contributed by atoms with Crippen LogP contribution in [0.3, 0.4) is 0 Å². The smallest absolute Gasteiger partial charge is 0.493 e. The summed E-state index contributed by atoms with van der Waals surface area (Å²) in [6.07, 6.45) is 0. The van der Waals surface area contributed by atoms with Crippen molar-refractivity contribution in [3.05, 3.63) is 29.8 Å². The Bertz CT molecular complexity index is 248. The van der Waals surface area contributed by atoms with Crippen molar-refractivity contribution in [2.24, 2.45) is 0 Å². The van der Waals surface area contributed by atoms with Crippen LogP contribution in [0.15, 0.2) is 12.1 Å². The largest absolute Gasteiger partial charge is 1.00 e. The molecule has 0 aromatic heterocycles. The summed E-state index contributed by atoms with van der Waals surface area (Å²) in [5.41, 5.74) is 0. The molecule has 0 spiro atoms. The molecule has 0 radical (unpaired) electrons. The average Bonchev–Trinajstić information content (AvgIpc) is 1.99. The van der Waals surface area contributed by atoms with E-state index >= 15 is 0 Å². The summed E-state index contributed by atoms with van der Waals surface area (Å²) in [7, 11) is 1.41. The van der Waals surface area contributed by atoms with Crippen LogP contribution >= 0.6 is 0 Å². The predicted octanol–water partition coefficient (Wildman–Crippen LogP) is -1.25. The van der Waals surface area contributed by atoms with Gasteiger partial charge in [-0.1, -0.05) is 6.07 Å². The summed E-state index contributed by atoms with van der Waals surface area (Å²) < 4.78 is 34.2. The van der Waals surface area contributed by atoms with Crippen molar-refractivity contribution in [1.82, 2.24) is 0 Å². The Morgan fingerprint density at radius 3 is 2.62 bits per heavy atom. The van der Waals surface area contributed by atoms with E-state index in [2.05, 4.69) is 10.8 Å². The summed E-state index contributed by atoms with van der Waals surface area (Å²) in [6.45, 7) is -0.0562. The van der Waals surface area contributed by atoms with Gasteiger partial charge in [0.1, 0.15) is 0 Å². The van der Waals surface area contributed by atoms with E-state index < -0.39 is 11.6 Å². The van der Waals surface area contributed by atoms with Crippen LogP contribution < -0.4 is 23.6 Å². The van der Waals surface area contributed by atoms with Crippen LogP contribution in [0, 0.1) is 17.7 Å². The molecule has 0 unspecified atom stereocenters. The van der Waals surface area contributed by atoms with Gasteiger partial charge in [-0.05, 0) is 0 Å². The summed E-state index contributed by atoms with van der Waals surface area (Å²) >= 11 is 0. The van der Waals surface area contributed by atoms with E-state index in [9.17, 15) is 8.78 Å². The van der Waals surface area contributed by atoms with Gasteiger partial charge in [-0.25, -0.2) is 8.78 Å². The Hall–Kier alpha value is -0.563. The zero-order valence-electron chi connectivity index (χ0n) is 7.43. The summed E-state index contributed by atoms with van der Waals surface area (Å²) in [6, 6.07) is 3.93. The second-order valence-corrected chi connectivity index (χ2v) is 2.06. The molecule has 0 saturated carbocycles. The van der Waals surface area contributed by atoms with Gasteiger partial charge >= 0.3 is 18.9 Å². The molecular formula is C8H7F2LiO2. The summed E-state index contributed by atoms with van der Waals surface area (Å²) in [5.74, 6) is -1.49. The first kappa shape index (κ1) is 12.4. The molecule has 0 atom stereocenters. The Kier molecular flexibility index (Phi) is 5.72. The summed E-state index contributed by atoms with van der Waals surface area (Å²) in [4.78, 5) is 0. The first-order valence-electron chi connectivity index (χ1n) is 3.22. The molecule has 0 aliphatic carbocycles. The fourth-order valence-electron chi connectivity index (χ4n) is 0.678. The molecule has 1 aromatic rings. The van der Waals surface area contributed by atoms with Crippen LogP contribution in [0.5, 0.6) is 5.75 Å². The fraction of sp³-hybridized carbons (Fsp3) is 0.250. The van der Waals surface area contributed by atoms with Gasteiger partial charge in [-0.3, -0.25) is 0 Å². The van der Waals surface area contributed by atoms with Gasteiger partial charge in [-0.15, -0.1) is 12.1 Å². The predicted molar refractivity (Wildman–Crippen MR) is 37.7 cm³/mol. The van der Waals surface area contributed by atoms with Crippen molar-refractivity contribution < 1.29 is 37.1 Å². The molecule has 1 rings (SSSR count). The van der Waals surface area contributed by atoms with Gasteiger partial charge in [0.15, 0.2) is 6.79 Å². The maximum atomic E-state index is 12.5. The number of rotatable bonds is 3. The molecule has 1 aromatic carbocycles. The zero-order valence-corrected chi connectivity index (χ0v) is 7.43. The van der Waals surface area contributed by atoms with Crippen molar-refractivity contribution in [2.75, 3.05) is 13.9 Å². The maximum absolute atomic E-state index is 12.5. The van der Waals surface area contributed by atoms with E-state index in [1.807, 2.05) is 0 Å². The second kappa shape index (κ2) is 5.98. The molecule has 5 heteroatoms. The van der Waals surface area contributed by atoms with E-state index in [4.69, 9.17) is 4.74 Å². The van der Waals surface area contributed by atoms with Crippen LogP contribution in [0.25, 0.3) is 0 Å². The molecule has 0 amide bonds. The molecule has 0 bridgehead atoms. The molecule has 0 saturated heterocycles. The topological polar surface area (TPSA) is 18.5 Å².